The van der Waals surface area contributed by atoms with E-state index >= 15 is 0 Å². The molecule has 0 atom stereocenters. The van der Waals surface area contributed by atoms with Crippen LogP contribution in [0.3, 0.4) is 0 Å². The van der Waals surface area contributed by atoms with Gasteiger partial charge in [-0.2, -0.15) is 0 Å². The molecule has 3 rings (SSSR count). The van der Waals surface area contributed by atoms with Crippen molar-refractivity contribution in [1.82, 2.24) is 0 Å². The van der Waals surface area contributed by atoms with Crippen molar-refractivity contribution in [2.45, 2.75) is 25.2 Å². The zero-order valence-corrected chi connectivity index (χ0v) is 20.0. The molecule has 0 spiro atoms. The molecule has 0 amide bonds. The molecule has 0 aliphatic rings. The molecule has 6 nitrogen and oxygen atoms in total. The van der Waals surface area contributed by atoms with Crippen molar-refractivity contribution < 1.29 is 13.2 Å². The second-order valence-corrected chi connectivity index (χ2v) is 9.27. The number of ether oxygens (including phenoxy) is 1. The van der Waals surface area contributed by atoms with Crippen molar-refractivity contribution in [3.8, 4) is 5.75 Å². The minimum absolute atomic E-state index is 0.140. The van der Waals surface area contributed by atoms with Crippen LogP contribution in [-0.2, 0) is 16.4 Å². The number of benzene rings is 3. The van der Waals surface area contributed by atoms with Crippen molar-refractivity contribution in [2.75, 3.05) is 28.6 Å². The van der Waals surface area contributed by atoms with Gasteiger partial charge in [0.05, 0.1) is 23.4 Å². The molecule has 0 heterocycles. The third-order valence-electron chi connectivity index (χ3n) is 4.96. The van der Waals surface area contributed by atoms with E-state index < -0.39 is 10.0 Å². The zero-order valence-electron chi connectivity index (χ0n) is 18.3. The minimum atomic E-state index is -3.78. The Balaban J connectivity index is 1.86. The normalized spacial score (nSPS) is 11.0. The molecule has 2 N–H and O–H groups in total. The van der Waals surface area contributed by atoms with Crippen LogP contribution in [0.4, 0.5) is 17.1 Å². The van der Waals surface area contributed by atoms with Crippen LogP contribution in [0.1, 0.15) is 19.4 Å². The van der Waals surface area contributed by atoms with E-state index in [1.807, 2.05) is 42.5 Å². The largest absolute Gasteiger partial charge is 0.495 e. The maximum Gasteiger partial charge on any atom is 0.264 e. The standard InChI is InChI=1S/C24H27N3O3S2/c1-4-18-11-13-19(14-12-18)25-24(31)26-22-17-21(15-16-23(22)30-3)32(28,29)27(5-2)20-9-7-6-8-10-20/h6-17H,4-5H2,1-3H3,(H2,25,26,31). The van der Waals surface area contributed by atoms with E-state index in [1.165, 1.54) is 29.1 Å². The highest BCUT2D eigenvalue weighted by Gasteiger charge is 2.24. The zero-order chi connectivity index (χ0) is 23.1. The summed E-state index contributed by atoms with van der Waals surface area (Å²) in [5.74, 6) is 0.484. The molecule has 3 aromatic rings. The van der Waals surface area contributed by atoms with E-state index in [0.29, 0.717) is 28.8 Å². The highest BCUT2D eigenvalue weighted by Crippen LogP contribution is 2.31. The first kappa shape index (κ1) is 23.6. The van der Waals surface area contributed by atoms with Crippen LogP contribution in [0.25, 0.3) is 0 Å². The quantitative estimate of drug-likeness (QED) is 0.437. The van der Waals surface area contributed by atoms with Gasteiger partial charge in [0, 0.05) is 12.2 Å². The third kappa shape index (κ3) is 5.38. The minimum Gasteiger partial charge on any atom is -0.495 e. The van der Waals surface area contributed by atoms with Gasteiger partial charge in [-0.15, -0.1) is 0 Å². The number of nitrogens with zero attached hydrogens (tertiary/aromatic N) is 1. The average Bonchev–Trinajstić information content (AvgIpc) is 2.80. The highest BCUT2D eigenvalue weighted by atomic mass is 32.2. The SMILES string of the molecule is CCc1ccc(NC(=S)Nc2cc(S(=O)(=O)N(CC)c3ccccc3)ccc2OC)cc1. The van der Waals surface area contributed by atoms with Crippen molar-refractivity contribution >= 4 is 44.4 Å². The summed E-state index contributed by atoms with van der Waals surface area (Å²) < 4.78 is 33.5. The van der Waals surface area contributed by atoms with Gasteiger partial charge >= 0.3 is 0 Å². The molecule has 168 valence electrons. The molecule has 0 aliphatic heterocycles. The Morgan fingerprint density at radius 3 is 2.25 bits per heavy atom. The van der Waals surface area contributed by atoms with Crippen molar-refractivity contribution in [2.24, 2.45) is 0 Å². The first-order valence-corrected chi connectivity index (χ1v) is 12.2. The number of rotatable bonds is 8. The molecule has 0 unspecified atom stereocenters. The van der Waals surface area contributed by atoms with E-state index in [1.54, 1.807) is 25.1 Å². The molecule has 0 bridgehead atoms. The van der Waals surface area contributed by atoms with Gasteiger partial charge < -0.3 is 15.4 Å². The summed E-state index contributed by atoms with van der Waals surface area (Å²) in [5, 5.41) is 6.51. The van der Waals surface area contributed by atoms with E-state index in [2.05, 4.69) is 17.6 Å². The number of para-hydroxylation sites is 1. The Kier molecular flexibility index (Phi) is 7.71. The van der Waals surface area contributed by atoms with E-state index in [4.69, 9.17) is 17.0 Å². The highest BCUT2D eigenvalue weighted by molar-refractivity contribution is 7.92. The molecule has 0 radical (unpaired) electrons. The molecular weight excluding hydrogens is 442 g/mol. The molecule has 0 aromatic heterocycles. The summed E-state index contributed by atoms with van der Waals surface area (Å²) in [6.07, 6.45) is 0.958. The smallest absolute Gasteiger partial charge is 0.264 e. The lowest BCUT2D eigenvalue weighted by molar-refractivity contribution is 0.416. The number of thiocarbonyl (C=S) groups is 1. The molecule has 0 fully saturated rings. The van der Waals surface area contributed by atoms with Gasteiger partial charge in [-0.1, -0.05) is 37.3 Å². The van der Waals surface area contributed by atoms with Gasteiger partial charge in [-0.3, -0.25) is 4.31 Å². The Bertz CT molecular complexity index is 1160. The van der Waals surface area contributed by atoms with E-state index in [0.717, 1.165) is 12.1 Å². The predicted octanol–water partition coefficient (Wildman–Crippen LogP) is 5.28. The number of nitrogens with one attached hydrogen (secondary N) is 2. The lowest BCUT2D eigenvalue weighted by Gasteiger charge is -2.23. The van der Waals surface area contributed by atoms with Gasteiger partial charge in [-0.05, 0) is 73.6 Å². The van der Waals surface area contributed by atoms with Crippen LogP contribution < -0.4 is 19.7 Å². The topological polar surface area (TPSA) is 70.7 Å². The molecule has 8 heteroatoms. The number of aryl methyl sites for hydroxylation is 1. The Hall–Kier alpha value is -3.10. The molecule has 0 saturated heterocycles. The van der Waals surface area contributed by atoms with Crippen molar-refractivity contribution in [1.29, 1.82) is 0 Å². The van der Waals surface area contributed by atoms with Crippen molar-refractivity contribution in [3.63, 3.8) is 0 Å². The number of sulfonamides is 1. The second kappa shape index (κ2) is 10.5. The van der Waals surface area contributed by atoms with Gasteiger partial charge in [0.15, 0.2) is 5.11 Å². The van der Waals surface area contributed by atoms with Gasteiger partial charge in [0.1, 0.15) is 5.75 Å². The maximum absolute atomic E-state index is 13.4. The maximum atomic E-state index is 13.4. The fraction of sp³-hybridized carbons (Fsp3) is 0.208. The summed E-state index contributed by atoms with van der Waals surface area (Å²) >= 11 is 5.44. The fourth-order valence-corrected chi connectivity index (χ4v) is 4.99. The fourth-order valence-electron chi connectivity index (χ4n) is 3.27. The third-order valence-corrected chi connectivity index (χ3v) is 7.06. The number of hydrogen-bond acceptors (Lipinski definition) is 4. The summed E-state index contributed by atoms with van der Waals surface area (Å²) in [4.78, 5) is 0.140. The first-order valence-electron chi connectivity index (χ1n) is 10.3. The molecule has 0 aliphatic carbocycles. The van der Waals surface area contributed by atoms with Gasteiger partial charge in [-0.25, -0.2) is 8.42 Å². The lowest BCUT2D eigenvalue weighted by Crippen LogP contribution is -2.30. The number of anilines is 3. The van der Waals surface area contributed by atoms with Gasteiger partial charge in [0.2, 0.25) is 0 Å². The van der Waals surface area contributed by atoms with Crippen LogP contribution in [0, 0.1) is 0 Å². The number of hydrogen-bond donors (Lipinski definition) is 2. The Morgan fingerprint density at radius 1 is 0.969 bits per heavy atom. The summed E-state index contributed by atoms with van der Waals surface area (Å²) in [7, 11) is -2.26. The van der Waals surface area contributed by atoms with Crippen LogP contribution in [0.5, 0.6) is 5.75 Å². The molecule has 32 heavy (non-hydrogen) atoms. The first-order chi connectivity index (χ1) is 15.4. The van der Waals surface area contributed by atoms with Crippen molar-refractivity contribution in [3.05, 3.63) is 78.4 Å². The average molecular weight is 470 g/mol. The van der Waals surface area contributed by atoms with Crippen LogP contribution in [0.15, 0.2) is 77.7 Å². The van der Waals surface area contributed by atoms with Crippen LogP contribution in [0.2, 0.25) is 0 Å². The van der Waals surface area contributed by atoms with Crippen LogP contribution >= 0.6 is 12.2 Å². The number of methoxy groups -OCH3 is 1. The lowest BCUT2D eigenvalue weighted by atomic mass is 10.1. The predicted molar refractivity (Wildman–Crippen MR) is 135 cm³/mol. The second-order valence-electron chi connectivity index (χ2n) is 7.00. The van der Waals surface area contributed by atoms with Gasteiger partial charge in [0.25, 0.3) is 10.0 Å². The Morgan fingerprint density at radius 2 is 1.66 bits per heavy atom. The molecule has 0 saturated carbocycles. The molecule has 3 aromatic carbocycles. The summed E-state index contributed by atoms with van der Waals surface area (Å²) in [5.41, 5.74) is 3.13. The summed E-state index contributed by atoms with van der Waals surface area (Å²) in [6.45, 7) is 4.20. The van der Waals surface area contributed by atoms with Crippen LogP contribution in [-0.4, -0.2) is 27.2 Å². The summed E-state index contributed by atoms with van der Waals surface area (Å²) in [6, 6.07) is 21.7. The Labute approximate surface area is 195 Å². The van der Waals surface area contributed by atoms with E-state index in [9.17, 15) is 8.42 Å². The monoisotopic (exact) mass is 469 g/mol. The molecular formula is C24H27N3O3S2. The van der Waals surface area contributed by atoms with E-state index in [-0.39, 0.29) is 4.90 Å².